The lowest BCUT2D eigenvalue weighted by atomic mass is 10.1. The molecule has 0 bridgehead atoms. The van der Waals surface area contributed by atoms with Crippen molar-refractivity contribution in [3.8, 4) is 5.75 Å². The van der Waals surface area contributed by atoms with E-state index in [0.29, 0.717) is 0 Å². The largest absolute Gasteiger partial charge is 0.493 e. The highest BCUT2D eigenvalue weighted by Gasteiger charge is 2.12. The first-order valence-electron chi connectivity index (χ1n) is 7.62. The first-order valence-corrected chi connectivity index (χ1v) is 8.41. The maximum atomic E-state index is 12.1. The van der Waals surface area contributed by atoms with Crippen LogP contribution in [0.2, 0.25) is 0 Å². The lowest BCUT2D eigenvalue weighted by Crippen LogP contribution is -2.24. The smallest absolute Gasteiger partial charge is 0.244 e. The van der Waals surface area contributed by atoms with E-state index in [-0.39, 0.29) is 11.9 Å². The number of amides is 1. The molecule has 3 nitrogen and oxygen atoms in total. The fraction of sp³-hybridized carbons (Fsp3) is 0.211. The maximum absolute atomic E-state index is 12.1. The van der Waals surface area contributed by atoms with E-state index in [4.69, 9.17) is 4.74 Å². The van der Waals surface area contributed by atoms with Crippen molar-refractivity contribution in [2.45, 2.75) is 19.4 Å². The number of rotatable bonds is 4. The number of hydrogen-bond donors (Lipinski definition) is 1. The second-order valence-corrected chi connectivity index (χ2v) is 6.41. The predicted octanol–water partition coefficient (Wildman–Crippen LogP) is 4.27. The molecular weight excluding hydrogens is 354 g/mol. The number of ether oxygens (including phenoxy) is 1. The quantitative estimate of drug-likeness (QED) is 0.814. The van der Waals surface area contributed by atoms with Crippen LogP contribution in [0.15, 0.2) is 53.0 Å². The summed E-state index contributed by atoms with van der Waals surface area (Å²) in [6, 6.07) is 13.8. The molecule has 1 aliphatic heterocycles. The molecule has 0 aliphatic carbocycles. The Kier molecular flexibility index (Phi) is 4.82. The van der Waals surface area contributed by atoms with Crippen molar-refractivity contribution in [3.63, 3.8) is 0 Å². The average molecular weight is 372 g/mol. The molecule has 1 heterocycles. The SMILES string of the molecule is CC(NC(=O)/C=C/c1ccc2c(c1)CCO2)c1ccccc1Br. The number of benzene rings is 2. The van der Waals surface area contributed by atoms with E-state index >= 15 is 0 Å². The number of fused-ring (bicyclic) bond motifs is 1. The highest BCUT2D eigenvalue weighted by atomic mass is 79.9. The molecule has 1 aliphatic rings. The molecule has 0 fully saturated rings. The minimum absolute atomic E-state index is 0.0591. The molecule has 4 heteroatoms. The molecule has 118 valence electrons. The molecule has 0 radical (unpaired) electrons. The summed E-state index contributed by atoms with van der Waals surface area (Å²) in [5.74, 6) is 0.846. The third kappa shape index (κ3) is 3.82. The topological polar surface area (TPSA) is 38.3 Å². The molecule has 2 aromatic carbocycles. The van der Waals surface area contributed by atoms with Crippen LogP contribution in [-0.2, 0) is 11.2 Å². The van der Waals surface area contributed by atoms with Gasteiger partial charge in [0.25, 0.3) is 0 Å². The van der Waals surface area contributed by atoms with Crippen molar-refractivity contribution >= 4 is 27.9 Å². The van der Waals surface area contributed by atoms with Gasteiger partial charge in [0.05, 0.1) is 12.6 Å². The Balaban J connectivity index is 1.64. The van der Waals surface area contributed by atoms with Gasteiger partial charge < -0.3 is 10.1 Å². The molecule has 2 aromatic rings. The number of hydrogen-bond acceptors (Lipinski definition) is 2. The summed E-state index contributed by atoms with van der Waals surface area (Å²) in [4.78, 5) is 12.1. The van der Waals surface area contributed by atoms with E-state index < -0.39 is 0 Å². The third-order valence-corrected chi connectivity index (χ3v) is 4.59. The third-order valence-electron chi connectivity index (χ3n) is 3.87. The normalized spacial score (nSPS) is 14.3. The molecular formula is C19H18BrNO2. The van der Waals surface area contributed by atoms with Gasteiger partial charge >= 0.3 is 0 Å². The standard InChI is InChI=1S/C19H18BrNO2/c1-13(16-4-2-3-5-17(16)20)21-19(22)9-7-14-6-8-18-15(12-14)10-11-23-18/h2-9,12-13H,10-11H2,1H3,(H,21,22)/b9-7+. The molecule has 1 amide bonds. The van der Waals surface area contributed by atoms with E-state index in [0.717, 1.165) is 34.4 Å². The molecule has 1 atom stereocenters. The Bertz CT molecular complexity index is 755. The molecule has 0 spiro atoms. The average Bonchev–Trinajstić information content (AvgIpc) is 3.01. The van der Waals surface area contributed by atoms with E-state index in [2.05, 4.69) is 27.3 Å². The van der Waals surface area contributed by atoms with E-state index in [1.807, 2.05) is 49.4 Å². The van der Waals surface area contributed by atoms with Crippen molar-refractivity contribution in [2.24, 2.45) is 0 Å². The predicted molar refractivity (Wildman–Crippen MR) is 95.4 cm³/mol. The fourth-order valence-electron chi connectivity index (χ4n) is 2.65. The molecule has 23 heavy (non-hydrogen) atoms. The summed E-state index contributed by atoms with van der Waals surface area (Å²) in [6.45, 7) is 2.71. The summed E-state index contributed by atoms with van der Waals surface area (Å²) < 4.78 is 6.48. The molecule has 0 aromatic heterocycles. The Morgan fingerprint density at radius 3 is 2.96 bits per heavy atom. The summed E-state index contributed by atoms with van der Waals surface area (Å²) >= 11 is 3.51. The van der Waals surface area contributed by atoms with Crippen LogP contribution in [0.4, 0.5) is 0 Å². The number of nitrogens with one attached hydrogen (secondary N) is 1. The van der Waals surface area contributed by atoms with Crippen molar-refractivity contribution in [1.82, 2.24) is 5.32 Å². The van der Waals surface area contributed by atoms with Gasteiger partial charge in [-0.25, -0.2) is 0 Å². The fourth-order valence-corrected chi connectivity index (χ4v) is 3.28. The number of carbonyl (C=O) groups excluding carboxylic acids is 1. The second kappa shape index (κ2) is 7.01. The van der Waals surface area contributed by atoms with Crippen molar-refractivity contribution in [1.29, 1.82) is 0 Å². The van der Waals surface area contributed by atoms with Gasteiger partial charge in [0.15, 0.2) is 0 Å². The van der Waals surface area contributed by atoms with Gasteiger partial charge in [0.1, 0.15) is 5.75 Å². The number of halogens is 1. The van der Waals surface area contributed by atoms with Crippen LogP contribution in [0.25, 0.3) is 6.08 Å². The van der Waals surface area contributed by atoms with Gasteiger partial charge in [-0.3, -0.25) is 4.79 Å². The first-order chi connectivity index (χ1) is 11.1. The van der Waals surface area contributed by atoms with Gasteiger partial charge in [-0.15, -0.1) is 0 Å². The molecule has 1 unspecified atom stereocenters. The van der Waals surface area contributed by atoms with Crippen LogP contribution in [0.1, 0.15) is 29.7 Å². The summed E-state index contributed by atoms with van der Waals surface area (Å²) in [5.41, 5.74) is 3.27. The van der Waals surface area contributed by atoms with Gasteiger partial charge in [-0.1, -0.05) is 40.2 Å². The summed E-state index contributed by atoms with van der Waals surface area (Å²) in [5, 5.41) is 2.98. The van der Waals surface area contributed by atoms with Crippen LogP contribution < -0.4 is 10.1 Å². The van der Waals surface area contributed by atoms with Gasteiger partial charge in [-0.2, -0.15) is 0 Å². The summed E-state index contributed by atoms with van der Waals surface area (Å²) in [6.07, 6.45) is 4.34. The lowest BCUT2D eigenvalue weighted by Gasteiger charge is -2.14. The van der Waals surface area contributed by atoms with Gasteiger partial charge in [0.2, 0.25) is 5.91 Å². The Labute approximate surface area is 144 Å². The molecule has 3 rings (SSSR count). The zero-order valence-corrected chi connectivity index (χ0v) is 14.5. The maximum Gasteiger partial charge on any atom is 0.244 e. The highest BCUT2D eigenvalue weighted by Crippen LogP contribution is 2.26. The van der Waals surface area contributed by atoms with E-state index in [9.17, 15) is 4.79 Å². The van der Waals surface area contributed by atoms with Crippen molar-refractivity contribution in [3.05, 3.63) is 69.7 Å². The van der Waals surface area contributed by atoms with Crippen molar-refractivity contribution < 1.29 is 9.53 Å². The molecule has 0 saturated heterocycles. The van der Waals surface area contributed by atoms with Crippen LogP contribution in [0.5, 0.6) is 5.75 Å². The molecule has 1 N–H and O–H groups in total. The zero-order valence-electron chi connectivity index (χ0n) is 12.9. The minimum Gasteiger partial charge on any atom is -0.493 e. The van der Waals surface area contributed by atoms with Crippen LogP contribution in [0, 0.1) is 0 Å². The summed E-state index contributed by atoms with van der Waals surface area (Å²) in [7, 11) is 0. The Morgan fingerprint density at radius 2 is 2.13 bits per heavy atom. The van der Waals surface area contributed by atoms with Crippen LogP contribution >= 0.6 is 15.9 Å². The Morgan fingerprint density at radius 1 is 1.30 bits per heavy atom. The lowest BCUT2D eigenvalue weighted by molar-refractivity contribution is -0.117. The first kappa shape index (κ1) is 15.8. The molecule has 0 saturated carbocycles. The zero-order chi connectivity index (χ0) is 16.2. The Hall–Kier alpha value is -2.07. The van der Waals surface area contributed by atoms with Crippen LogP contribution in [-0.4, -0.2) is 12.5 Å². The van der Waals surface area contributed by atoms with E-state index in [1.54, 1.807) is 6.08 Å². The minimum atomic E-state index is -0.106. The highest BCUT2D eigenvalue weighted by molar-refractivity contribution is 9.10. The van der Waals surface area contributed by atoms with E-state index in [1.165, 1.54) is 5.56 Å². The number of carbonyl (C=O) groups is 1. The van der Waals surface area contributed by atoms with Crippen molar-refractivity contribution in [2.75, 3.05) is 6.61 Å². The monoisotopic (exact) mass is 371 g/mol. The van der Waals surface area contributed by atoms with Gasteiger partial charge in [-0.05, 0) is 47.9 Å². The second-order valence-electron chi connectivity index (χ2n) is 5.55. The van der Waals surface area contributed by atoms with Crippen LogP contribution in [0.3, 0.4) is 0 Å². The van der Waals surface area contributed by atoms with Gasteiger partial charge in [0, 0.05) is 17.0 Å².